The molecule has 0 radical (unpaired) electrons. The van der Waals surface area contributed by atoms with Crippen molar-refractivity contribution in [2.45, 2.75) is 13.5 Å². The molecule has 0 bridgehead atoms. The summed E-state index contributed by atoms with van der Waals surface area (Å²) >= 11 is 0. The molecule has 2 N–H and O–H groups in total. The second kappa shape index (κ2) is 14.8. The van der Waals surface area contributed by atoms with Crippen LogP contribution in [0.15, 0.2) is 96.1 Å². The number of hydrazone groups is 1. The van der Waals surface area contributed by atoms with E-state index in [1.165, 1.54) is 31.5 Å². The monoisotopic (exact) mass is 571 g/mol. The molecule has 0 fully saturated rings. The fourth-order valence-electron chi connectivity index (χ4n) is 3.78. The number of nitrogens with one attached hydrogen (secondary N) is 2. The molecule has 4 aromatic carbocycles. The van der Waals surface area contributed by atoms with Crippen molar-refractivity contribution in [1.29, 1.82) is 0 Å². The van der Waals surface area contributed by atoms with Crippen molar-refractivity contribution in [3.63, 3.8) is 0 Å². The van der Waals surface area contributed by atoms with Crippen molar-refractivity contribution < 1.29 is 32.9 Å². The minimum Gasteiger partial charge on any atom is -0.493 e. The van der Waals surface area contributed by atoms with Crippen LogP contribution < -0.4 is 29.7 Å². The Bertz CT molecular complexity index is 1540. The molecule has 0 unspecified atom stereocenters. The van der Waals surface area contributed by atoms with Crippen molar-refractivity contribution in [3.05, 3.63) is 114 Å². The maximum atomic E-state index is 13.7. The van der Waals surface area contributed by atoms with Gasteiger partial charge in [-0.25, -0.2) is 9.82 Å². The molecule has 4 aromatic rings. The predicted molar refractivity (Wildman–Crippen MR) is 157 cm³/mol. The third-order valence-corrected chi connectivity index (χ3v) is 5.82. The van der Waals surface area contributed by atoms with E-state index in [0.717, 1.165) is 5.56 Å². The highest BCUT2D eigenvalue weighted by Gasteiger charge is 2.13. The van der Waals surface area contributed by atoms with Crippen molar-refractivity contribution in [3.8, 4) is 23.0 Å². The van der Waals surface area contributed by atoms with Gasteiger partial charge in [0.25, 0.3) is 11.8 Å². The summed E-state index contributed by atoms with van der Waals surface area (Å²) in [5.74, 6) is 0.122. The maximum Gasteiger partial charge on any atom is 0.271 e. The van der Waals surface area contributed by atoms with E-state index >= 15 is 0 Å². The average molecular weight is 572 g/mol. The van der Waals surface area contributed by atoms with Gasteiger partial charge < -0.3 is 24.3 Å². The number of benzene rings is 4. The van der Waals surface area contributed by atoms with Gasteiger partial charge in [-0.15, -0.1) is 0 Å². The highest BCUT2D eigenvalue weighted by molar-refractivity contribution is 5.95. The van der Waals surface area contributed by atoms with Gasteiger partial charge in [0.05, 0.1) is 25.6 Å². The van der Waals surface area contributed by atoms with E-state index in [-0.39, 0.29) is 12.3 Å². The minimum atomic E-state index is -0.543. The quantitative estimate of drug-likeness (QED) is 0.160. The van der Waals surface area contributed by atoms with E-state index in [9.17, 15) is 14.0 Å². The summed E-state index contributed by atoms with van der Waals surface area (Å²) in [6.07, 6.45) is 1.44. The van der Waals surface area contributed by atoms with Crippen LogP contribution in [0.25, 0.3) is 0 Å². The molecule has 0 aliphatic heterocycles. The zero-order valence-electron chi connectivity index (χ0n) is 23.1. The second-order valence-electron chi connectivity index (χ2n) is 8.79. The molecule has 216 valence electrons. The van der Waals surface area contributed by atoms with Gasteiger partial charge in [-0.05, 0) is 66.6 Å². The standard InChI is InChI=1S/C32H30FN3O6/c1-3-40-30-18-24(14-16-28(30)41-20-22-9-5-4-6-10-22)32(38)36-34-19-23-13-15-27(29(17-23)39-2)42-21-31(37)35-26-12-8-7-11-25(26)33/h4-19H,3,20-21H2,1-2H3,(H,35,37)(H,36,38)/b34-19+. The number of rotatable bonds is 13. The summed E-state index contributed by atoms with van der Waals surface area (Å²) in [7, 11) is 1.45. The Morgan fingerprint density at radius 2 is 1.57 bits per heavy atom. The van der Waals surface area contributed by atoms with E-state index in [2.05, 4.69) is 15.8 Å². The lowest BCUT2D eigenvalue weighted by Crippen LogP contribution is -2.21. The van der Waals surface area contributed by atoms with Gasteiger partial charge in [0.1, 0.15) is 12.4 Å². The van der Waals surface area contributed by atoms with Gasteiger partial charge >= 0.3 is 0 Å². The van der Waals surface area contributed by atoms with E-state index in [1.54, 1.807) is 42.5 Å². The van der Waals surface area contributed by atoms with Crippen molar-refractivity contribution in [2.24, 2.45) is 5.10 Å². The van der Waals surface area contributed by atoms with Gasteiger partial charge in [-0.1, -0.05) is 42.5 Å². The van der Waals surface area contributed by atoms with E-state index < -0.39 is 17.6 Å². The molecule has 2 amide bonds. The Kier molecular flexibility index (Phi) is 10.5. The molecule has 0 aliphatic rings. The third kappa shape index (κ3) is 8.31. The van der Waals surface area contributed by atoms with Crippen molar-refractivity contribution in [2.75, 3.05) is 25.6 Å². The smallest absolute Gasteiger partial charge is 0.271 e. The number of anilines is 1. The summed E-state index contributed by atoms with van der Waals surface area (Å²) < 4.78 is 36.2. The molecular weight excluding hydrogens is 541 g/mol. The van der Waals surface area contributed by atoms with Crippen LogP contribution in [-0.4, -0.2) is 38.4 Å². The highest BCUT2D eigenvalue weighted by Crippen LogP contribution is 2.30. The topological polar surface area (TPSA) is 107 Å². The number of nitrogens with zero attached hydrogens (tertiary/aromatic N) is 1. The van der Waals surface area contributed by atoms with E-state index in [1.807, 2.05) is 37.3 Å². The Balaban J connectivity index is 1.33. The van der Waals surface area contributed by atoms with E-state index in [4.69, 9.17) is 18.9 Å². The van der Waals surface area contributed by atoms with Crippen LogP contribution in [0.3, 0.4) is 0 Å². The van der Waals surface area contributed by atoms with Crippen LogP contribution in [0.1, 0.15) is 28.4 Å². The fraction of sp³-hybridized carbons (Fsp3) is 0.156. The number of para-hydroxylation sites is 1. The van der Waals surface area contributed by atoms with Crippen molar-refractivity contribution >= 4 is 23.7 Å². The lowest BCUT2D eigenvalue weighted by atomic mass is 10.2. The first-order valence-corrected chi connectivity index (χ1v) is 13.1. The Hall–Kier alpha value is -5.38. The number of carbonyl (C=O) groups excluding carboxylic acids is 2. The molecule has 0 saturated carbocycles. The number of ether oxygens (including phenoxy) is 4. The SMILES string of the molecule is CCOc1cc(C(=O)N/N=C/c2ccc(OCC(=O)Nc3ccccc3F)c(OC)c2)ccc1OCc1ccccc1. The second-order valence-corrected chi connectivity index (χ2v) is 8.79. The van der Waals surface area contributed by atoms with Crippen LogP contribution in [0.5, 0.6) is 23.0 Å². The molecule has 0 atom stereocenters. The minimum absolute atomic E-state index is 0.0631. The average Bonchev–Trinajstić information content (AvgIpc) is 3.01. The summed E-state index contributed by atoms with van der Waals surface area (Å²) in [6.45, 7) is 2.27. The van der Waals surface area contributed by atoms with Crippen LogP contribution in [0.2, 0.25) is 0 Å². The lowest BCUT2D eigenvalue weighted by Gasteiger charge is -2.13. The molecule has 0 aromatic heterocycles. The number of methoxy groups -OCH3 is 1. The van der Waals surface area contributed by atoms with Crippen LogP contribution in [0.4, 0.5) is 10.1 Å². The molecule has 4 rings (SSSR count). The van der Waals surface area contributed by atoms with Crippen molar-refractivity contribution in [1.82, 2.24) is 5.43 Å². The number of hydrogen-bond acceptors (Lipinski definition) is 7. The van der Waals surface area contributed by atoms with Gasteiger partial charge in [0.15, 0.2) is 29.6 Å². The summed E-state index contributed by atoms with van der Waals surface area (Å²) in [6, 6.07) is 25.4. The summed E-state index contributed by atoms with van der Waals surface area (Å²) in [4.78, 5) is 24.9. The van der Waals surface area contributed by atoms with Crippen LogP contribution >= 0.6 is 0 Å². The summed E-state index contributed by atoms with van der Waals surface area (Å²) in [5, 5.41) is 6.49. The van der Waals surface area contributed by atoms with Gasteiger partial charge in [0.2, 0.25) is 0 Å². The highest BCUT2D eigenvalue weighted by atomic mass is 19.1. The predicted octanol–water partition coefficient (Wildman–Crippen LogP) is 5.59. The molecule has 0 aliphatic carbocycles. The molecule has 42 heavy (non-hydrogen) atoms. The van der Waals surface area contributed by atoms with Gasteiger partial charge in [0, 0.05) is 5.56 Å². The van der Waals surface area contributed by atoms with Crippen LogP contribution in [0, 0.1) is 5.82 Å². The molecule has 0 spiro atoms. The number of halogens is 1. The summed E-state index contributed by atoms with van der Waals surface area (Å²) in [5.41, 5.74) is 4.52. The third-order valence-electron chi connectivity index (χ3n) is 5.82. The Morgan fingerprint density at radius 1 is 0.833 bits per heavy atom. The number of hydrogen-bond donors (Lipinski definition) is 2. The fourth-order valence-corrected chi connectivity index (χ4v) is 3.78. The molecular formula is C32H30FN3O6. The first kappa shape index (κ1) is 29.6. The number of carbonyl (C=O) groups is 2. The van der Waals surface area contributed by atoms with Gasteiger partial charge in [-0.3, -0.25) is 9.59 Å². The van der Waals surface area contributed by atoms with Gasteiger partial charge in [-0.2, -0.15) is 5.10 Å². The van der Waals surface area contributed by atoms with E-state index in [0.29, 0.717) is 47.3 Å². The zero-order valence-corrected chi connectivity index (χ0v) is 23.1. The first-order valence-electron chi connectivity index (χ1n) is 13.1. The zero-order chi connectivity index (χ0) is 29.7. The molecule has 9 nitrogen and oxygen atoms in total. The number of amides is 2. The lowest BCUT2D eigenvalue weighted by molar-refractivity contribution is -0.118. The van der Waals surface area contributed by atoms with Crippen LogP contribution in [-0.2, 0) is 11.4 Å². The Labute approximate surface area is 242 Å². The largest absolute Gasteiger partial charge is 0.493 e. The Morgan fingerprint density at radius 3 is 2.33 bits per heavy atom. The first-order chi connectivity index (χ1) is 20.5. The normalized spacial score (nSPS) is 10.6. The maximum absolute atomic E-state index is 13.7. The molecule has 0 saturated heterocycles. The molecule has 10 heteroatoms. The molecule has 0 heterocycles.